The molecule has 1 heterocycles. The molecule has 0 radical (unpaired) electrons. The third-order valence-electron chi connectivity index (χ3n) is 5.29. The highest BCUT2D eigenvalue weighted by molar-refractivity contribution is 5.85. The Morgan fingerprint density at radius 2 is 1.67 bits per heavy atom. The van der Waals surface area contributed by atoms with Gasteiger partial charge in [0.25, 0.3) is 0 Å². The maximum absolute atomic E-state index is 12.8. The molecule has 1 aliphatic carbocycles. The number of likely N-dealkylation sites (tertiary alicyclic amines) is 1. The molecule has 3 nitrogen and oxygen atoms in total. The van der Waals surface area contributed by atoms with Crippen molar-refractivity contribution < 1.29 is 4.79 Å². The molecule has 124 valence electrons. The second-order valence-electron chi connectivity index (χ2n) is 7.25. The molecule has 4 heteroatoms. The van der Waals surface area contributed by atoms with Crippen LogP contribution in [0.3, 0.4) is 0 Å². The average Bonchev–Trinajstić information content (AvgIpc) is 2.45. The largest absolute Gasteiger partial charge is 0.342 e. The molecule has 1 saturated carbocycles. The van der Waals surface area contributed by atoms with E-state index in [-0.39, 0.29) is 18.3 Å². The number of halogens is 1. The van der Waals surface area contributed by atoms with Crippen molar-refractivity contribution in [3.05, 3.63) is 0 Å². The first-order valence-corrected chi connectivity index (χ1v) is 8.62. The first-order chi connectivity index (χ1) is 9.58. The molecule has 1 amide bonds. The number of carbonyl (C=O) groups is 1. The van der Waals surface area contributed by atoms with Crippen molar-refractivity contribution in [1.82, 2.24) is 4.90 Å². The lowest BCUT2D eigenvalue weighted by atomic mass is 9.78. The van der Waals surface area contributed by atoms with Gasteiger partial charge in [0.1, 0.15) is 0 Å². The Balaban J connectivity index is 0.00000220. The SMILES string of the molecule is CC(C)C(CC1CCCCC1)C(=O)N1CCC(N)CC1.Cl. The summed E-state index contributed by atoms with van der Waals surface area (Å²) in [6, 6.07) is 0.301. The van der Waals surface area contributed by atoms with E-state index in [1.807, 2.05) is 0 Å². The summed E-state index contributed by atoms with van der Waals surface area (Å²) in [6.07, 6.45) is 9.84. The summed E-state index contributed by atoms with van der Waals surface area (Å²) in [4.78, 5) is 14.9. The Hall–Kier alpha value is -0.280. The van der Waals surface area contributed by atoms with Crippen LogP contribution in [0.5, 0.6) is 0 Å². The lowest BCUT2D eigenvalue weighted by molar-refractivity contribution is -0.138. The zero-order valence-corrected chi connectivity index (χ0v) is 14.5. The van der Waals surface area contributed by atoms with Gasteiger partial charge in [-0.25, -0.2) is 0 Å². The summed E-state index contributed by atoms with van der Waals surface area (Å²) >= 11 is 0. The van der Waals surface area contributed by atoms with Crippen LogP contribution in [0, 0.1) is 17.8 Å². The van der Waals surface area contributed by atoms with E-state index in [4.69, 9.17) is 5.73 Å². The van der Waals surface area contributed by atoms with E-state index in [0.29, 0.717) is 17.9 Å². The minimum absolute atomic E-state index is 0. The predicted octanol–water partition coefficient (Wildman–Crippen LogP) is 3.60. The third kappa shape index (κ3) is 5.45. The molecule has 2 fully saturated rings. The summed E-state index contributed by atoms with van der Waals surface area (Å²) < 4.78 is 0. The lowest BCUT2D eigenvalue weighted by Gasteiger charge is -2.35. The summed E-state index contributed by atoms with van der Waals surface area (Å²) in [5.41, 5.74) is 5.94. The Labute approximate surface area is 136 Å². The van der Waals surface area contributed by atoms with Crippen LogP contribution in [0.1, 0.15) is 65.2 Å². The molecule has 1 saturated heterocycles. The zero-order valence-electron chi connectivity index (χ0n) is 13.7. The van der Waals surface area contributed by atoms with Gasteiger partial charge in [0.05, 0.1) is 0 Å². The van der Waals surface area contributed by atoms with E-state index in [1.54, 1.807) is 0 Å². The molecule has 0 bridgehead atoms. The molecule has 1 atom stereocenters. The van der Waals surface area contributed by atoms with Crippen molar-refractivity contribution in [2.45, 2.75) is 71.3 Å². The fourth-order valence-electron chi connectivity index (χ4n) is 3.79. The van der Waals surface area contributed by atoms with Gasteiger partial charge >= 0.3 is 0 Å². The smallest absolute Gasteiger partial charge is 0.225 e. The number of hydrogen-bond donors (Lipinski definition) is 1. The Bertz CT molecular complexity index is 308. The molecule has 2 aliphatic rings. The second kappa shape index (κ2) is 8.99. The molecular weight excluding hydrogens is 284 g/mol. The predicted molar refractivity (Wildman–Crippen MR) is 90.6 cm³/mol. The van der Waals surface area contributed by atoms with Crippen LogP contribution in [-0.2, 0) is 4.79 Å². The third-order valence-corrected chi connectivity index (χ3v) is 5.29. The van der Waals surface area contributed by atoms with E-state index >= 15 is 0 Å². The molecule has 1 unspecified atom stereocenters. The zero-order chi connectivity index (χ0) is 14.5. The molecule has 2 N–H and O–H groups in total. The van der Waals surface area contributed by atoms with Gasteiger partial charge in [-0.1, -0.05) is 46.0 Å². The van der Waals surface area contributed by atoms with E-state index in [0.717, 1.165) is 38.3 Å². The van der Waals surface area contributed by atoms with E-state index < -0.39 is 0 Å². The number of hydrogen-bond acceptors (Lipinski definition) is 2. The highest BCUT2D eigenvalue weighted by Crippen LogP contribution is 2.32. The number of nitrogens with two attached hydrogens (primary N) is 1. The van der Waals surface area contributed by atoms with Crippen LogP contribution in [0.4, 0.5) is 0 Å². The molecule has 0 aromatic carbocycles. The van der Waals surface area contributed by atoms with Crippen molar-refractivity contribution in [2.75, 3.05) is 13.1 Å². The minimum Gasteiger partial charge on any atom is -0.342 e. The first-order valence-electron chi connectivity index (χ1n) is 8.62. The van der Waals surface area contributed by atoms with Gasteiger partial charge < -0.3 is 10.6 Å². The number of carbonyl (C=O) groups excluding carboxylic acids is 1. The molecule has 0 aromatic rings. The Kier molecular flexibility index (Phi) is 8.04. The van der Waals surface area contributed by atoms with Crippen molar-refractivity contribution >= 4 is 18.3 Å². The lowest BCUT2D eigenvalue weighted by Crippen LogP contribution is -2.46. The van der Waals surface area contributed by atoms with E-state index in [2.05, 4.69) is 18.7 Å². The molecule has 2 rings (SSSR count). The number of nitrogens with zero attached hydrogens (tertiary/aromatic N) is 1. The van der Waals surface area contributed by atoms with Crippen LogP contribution in [-0.4, -0.2) is 29.9 Å². The molecule has 0 aromatic heterocycles. The van der Waals surface area contributed by atoms with Gasteiger partial charge in [-0.15, -0.1) is 12.4 Å². The van der Waals surface area contributed by atoms with Gasteiger partial charge in [0.15, 0.2) is 0 Å². The summed E-state index contributed by atoms with van der Waals surface area (Å²) in [5, 5.41) is 0. The van der Waals surface area contributed by atoms with Crippen LogP contribution in [0.25, 0.3) is 0 Å². The van der Waals surface area contributed by atoms with Crippen molar-refractivity contribution in [2.24, 2.45) is 23.5 Å². The summed E-state index contributed by atoms with van der Waals surface area (Å²) in [7, 11) is 0. The molecular formula is C17H33ClN2O. The topological polar surface area (TPSA) is 46.3 Å². The average molecular weight is 317 g/mol. The van der Waals surface area contributed by atoms with Crippen molar-refractivity contribution in [3.63, 3.8) is 0 Å². The Morgan fingerprint density at radius 1 is 1.10 bits per heavy atom. The standard InChI is InChI=1S/C17H32N2O.ClH/c1-13(2)16(12-14-6-4-3-5-7-14)17(20)19-10-8-15(18)9-11-19;/h13-16H,3-12,18H2,1-2H3;1H. The van der Waals surface area contributed by atoms with Gasteiger partial charge in [0.2, 0.25) is 5.91 Å². The van der Waals surface area contributed by atoms with Crippen LogP contribution in [0.15, 0.2) is 0 Å². The van der Waals surface area contributed by atoms with Crippen LogP contribution >= 0.6 is 12.4 Å². The normalized spacial score (nSPS) is 23.0. The number of amides is 1. The van der Waals surface area contributed by atoms with Crippen molar-refractivity contribution in [3.8, 4) is 0 Å². The van der Waals surface area contributed by atoms with Gasteiger partial charge in [0, 0.05) is 25.0 Å². The summed E-state index contributed by atoms with van der Waals surface area (Å²) in [6.45, 7) is 6.16. The molecule has 0 spiro atoms. The Morgan fingerprint density at radius 3 is 2.19 bits per heavy atom. The van der Waals surface area contributed by atoms with Gasteiger partial charge in [-0.3, -0.25) is 4.79 Å². The fraction of sp³-hybridized carbons (Fsp3) is 0.941. The quantitative estimate of drug-likeness (QED) is 0.861. The second-order valence-corrected chi connectivity index (χ2v) is 7.25. The maximum Gasteiger partial charge on any atom is 0.225 e. The van der Waals surface area contributed by atoms with E-state index in [9.17, 15) is 4.79 Å². The maximum atomic E-state index is 12.8. The van der Waals surface area contributed by atoms with Crippen LogP contribution < -0.4 is 5.73 Å². The van der Waals surface area contributed by atoms with Gasteiger partial charge in [-0.2, -0.15) is 0 Å². The summed E-state index contributed by atoms with van der Waals surface area (Å²) in [5.74, 6) is 1.87. The first kappa shape index (κ1) is 18.8. The minimum atomic E-state index is 0. The van der Waals surface area contributed by atoms with Crippen LogP contribution in [0.2, 0.25) is 0 Å². The van der Waals surface area contributed by atoms with Gasteiger partial charge in [-0.05, 0) is 31.1 Å². The highest BCUT2D eigenvalue weighted by Gasteiger charge is 2.31. The number of rotatable bonds is 4. The molecule has 21 heavy (non-hydrogen) atoms. The highest BCUT2D eigenvalue weighted by atomic mass is 35.5. The number of piperidine rings is 1. The fourth-order valence-corrected chi connectivity index (χ4v) is 3.79. The molecule has 1 aliphatic heterocycles. The van der Waals surface area contributed by atoms with E-state index in [1.165, 1.54) is 32.1 Å². The monoisotopic (exact) mass is 316 g/mol. The van der Waals surface area contributed by atoms with Crippen molar-refractivity contribution in [1.29, 1.82) is 0 Å².